The molecule has 1 aromatic heterocycles. The first-order valence-corrected chi connectivity index (χ1v) is 15.2. The zero-order valence-electron chi connectivity index (χ0n) is 22.2. The van der Waals surface area contributed by atoms with Gasteiger partial charge in [0.1, 0.15) is 5.82 Å². The molecule has 0 saturated carbocycles. The fourth-order valence-corrected chi connectivity index (χ4v) is 5.97. The normalized spacial score (nSPS) is 11.9. The Balaban J connectivity index is 1.40. The lowest BCUT2D eigenvalue weighted by molar-refractivity contribution is 0.279. The molecule has 204 valence electrons. The fourth-order valence-electron chi connectivity index (χ4n) is 4.49. The Morgan fingerprint density at radius 1 is 0.775 bits per heavy atom. The number of hydrogen-bond donors (Lipinski definition) is 4. The molecule has 0 aliphatic carbocycles. The van der Waals surface area contributed by atoms with Crippen LogP contribution < -0.4 is 10.6 Å². The number of aliphatic hydroxyl groups is 2. The summed E-state index contributed by atoms with van der Waals surface area (Å²) in [4.78, 5) is 13.0. The highest BCUT2D eigenvalue weighted by Crippen LogP contribution is 2.34. The van der Waals surface area contributed by atoms with Crippen molar-refractivity contribution in [3.05, 3.63) is 114 Å². The molecule has 5 rings (SSSR count). The summed E-state index contributed by atoms with van der Waals surface area (Å²) in [6.07, 6.45) is 2.62. The maximum atomic E-state index is 9.81. The molecule has 0 aliphatic heterocycles. The van der Waals surface area contributed by atoms with Crippen LogP contribution in [0.25, 0.3) is 10.9 Å². The van der Waals surface area contributed by atoms with Gasteiger partial charge in [-0.05, 0) is 65.8 Å². The van der Waals surface area contributed by atoms with E-state index < -0.39 is 0 Å². The number of hydrogen-bond acceptors (Lipinski definition) is 8. The molecule has 0 bridgehead atoms. The molecule has 0 fully saturated rings. The number of aromatic nitrogens is 2. The number of thioether (sulfide) groups is 1. The van der Waals surface area contributed by atoms with Crippen molar-refractivity contribution in [2.24, 2.45) is 0 Å². The molecule has 0 aliphatic rings. The van der Waals surface area contributed by atoms with E-state index in [2.05, 4.69) is 53.3 Å². The van der Waals surface area contributed by atoms with Crippen LogP contribution in [0.1, 0.15) is 29.2 Å². The van der Waals surface area contributed by atoms with Gasteiger partial charge in [0.15, 0.2) is 0 Å². The average molecular weight is 569 g/mol. The maximum Gasteiger partial charge on any atom is 0.225 e. The summed E-state index contributed by atoms with van der Waals surface area (Å²) >= 11 is 3.35. The third-order valence-corrected chi connectivity index (χ3v) is 8.60. The van der Waals surface area contributed by atoms with Crippen molar-refractivity contribution >= 4 is 46.2 Å². The summed E-state index contributed by atoms with van der Waals surface area (Å²) < 4.78 is 0. The van der Waals surface area contributed by atoms with E-state index in [9.17, 15) is 10.2 Å². The number of fused-ring (bicyclic) bond motifs is 1. The highest BCUT2D eigenvalue weighted by atomic mass is 32.2. The summed E-state index contributed by atoms with van der Waals surface area (Å²) in [6, 6.07) is 32.4. The SMILES string of the molecule is CSc1ccc(C(CCO)Nc2nc(NCc3ccccc3Sc3ccccc3CO)nc3ccccc23)cc1. The molecular weight excluding hydrogens is 537 g/mol. The molecule has 5 aromatic rings. The monoisotopic (exact) mass is 568 g/mol. The van der Waals surface area contributed by atoms with E-state index in [-0.39, 0.29) is 19.3 Å². The summed E-state index contributed by atoms with van der Waals surface area (Å²) in [5.74, 6) is 1.25. The van der Waals surface area contributed by atoms with Gasteiger partial charge in [0, 0.05) is 33.2 Å². The molecule has 6 nitrogen and oxygen atoms in total. The Morgan fingerprint density at radius 3 is 2.17 bits per heavy atom. The number of benzene rings is 4. The Labute approximate surface area is 243 Å². The number of anilines is 2. The topological polar surface area (TPSA) is 90.3 Å². The summed E-state index contributed by atoms with van der Waals surface area (Å²) in [7, 11) is 0. The second-order valence-corrected chi connectivity index (χ2v) is 11.2. The van der Waals surface area contributed by atoms with E-state index in [1.807, 2.05) is 60.7 Å². The molecule has 8 heteroatoms. The van der Waals surface area contributed by atoms with Crippen LogP contribution in [0.4, 0.5) is 11.8 Å². The van der Waals surface area contributed by atoms with E-state index in [0.29, 0.717) is 18.9 Å². The molecule has 0 spiro atoms. The predicted molar refractivity (Wildman–Crippen MR) is 166 cm³/mol. The van der Waals surface area contributed by atoms with Crippen LogP contribution in [0.2, 0.25) is 0 Å². The van der Waals surface area contributed by atoms with Crippen molar-refractivity contribution in [1.29, 1.82) is 0 Å². The lowest BCUT2D eigenvalue weighted by atomic mass is 10.0. The predicted octanol–water partition coefficient (Wildman–Crippen LogP) is 7.14. The van der Waals surface area contributed by atoms with Gasteiger partial charge in [-0.25, -0.2) is 4.98 Å². The van der Waals surface area contributed by atoms with Gasteiger partial charge < -0.3 is 20.8 Å². The molecular formula is C32H32N4O2S2. The van der Waals surface area contributed by atoms with E-state index >= 15 is 0 Å². The smallest absolute Gasteiger partial charge is 0.225 e. The lowest BCUT2D eigenvalue weighted by Crippen LogP contribution is -2.15. The van der Waals surface area contributed by atoms with Gasteiger partial charge in [-0.2, -0.15) is 4.98 Å². The summed E-state index contributed by atoms with van der Waals surface area (Å²) in [5.41, 5.74) is 3.95. The van der Waals surface area contributed by atoms with Crippen LogP contribution >= 0.6 is 23.5 Å². The third kappa shape index (κ3) is 6.77. The van der Waals surface area contributed by atoms with Crippen LogP contribution in [0, 0.1) is 0 Å². The van der Waals surface area contributed by atoms with Crippen molar-refractivity contribution < 1.29 is 10.2 Å². The minimum absolute atomic E-state index is 0.00326. The number of rotatable bonds is 12. The number of nitrogens with zero attached hydrogens (tertiary/aromatic N) is 2. The van der Waals surface area contributed by atoms with Gasteiger partial charge in [0.2, 0.25) is 5.95 Å². The molecule has 1 atom stereocenters. The van der Waals surface area contributed by atoms with Gasteiger partial charge in [0.25, 0.3) is 0 Å². The molecule has 1 unspecified atom stereocenters. The average Bonchev–Trinajstić information content (AvgIpc) is 3.00. The zero-order valence-corrected chi connectivity index (χ0v) is 23.9. The Hall–Kier alpha value is -3.56. The Morgan fingerprint density at radius 2 is 1.45 bits per heavy atom. The minimum Gasteiger partial charge on any atom is -0.396 e. The molecule has 4 N–H and O–H groups in total. The third-order valence-electron chi connectivity index (χ3n) is 6.62. The maximum absolute atomic E-state index is 9.81. The molecule has 0 amide bonds. The number of aliphatic hydroxyl groups excluding tert-OH is 2. The molecule has 0 radical (unpaired) electrons. The first-order chi connectivity index (χ1) is 19.7. The van der Waals surface area contributed by atoms with Crippen molar-refractivity contribution in [3.8, 4) is 0 Å². The molecule has 0 saturated heterocycles. The van der Waals surface area contributed by atoms with Crippen molar-refractivity contribution in [1.82, 2.24) is 9.97 Å². The van der Waals surface area contributed by atoms with Crippen LogP contribution in [0.15, 0.2) is 112 Å². The van der Waals surface area contributed by atoms with Crippen molar-refractivity contribution in [2.75, 3.05) is 23.5 Å². The molecule has 1 heterocycles. The van der Waals surface area contributed by atoms with E-state index in [0.717, 1.165) is 43.2 Å². The largest absolute Gasteiger partial charge is 0.396 e. The van der Waals surface area contributed by atoms with Crippen LogP contribution in [0.5, 0.6) is 0 Å². The standard InChI is InChI=1S/C32H32N4O2S2/c1-39-25-16-14-22(15-17-25)27(18-19-37)34-31-26-10-4-5-11-28(26)35-32(36-31)33-20-23-8-2-6-12-29(23)40-30-13-7-3-9-24(30)21-38/h2-17,27,37-38H,18-21H2,1H3,(H2,33,34,35,36). The molecule has 40 heavy (non-hydrogen) atoms. The lowest BCUT2D eigenvalue weighted by Gasteiger charge is -2.21. The van der Waals surface area contributed by atoms with Gasteiger partial charge in [-0.15, -0.1) is 11.8 Å². The highest BCUT2D eigenvalue weighted by Gasteiger charge is 2.16. The van der Waals surface area contributed by atoms with Crippen molar-refractivity contribution in [3.63, 3.8) is 0 Å². The first kappa shape index (κ1) is 28.0. The highest BCUT2D eigenvalue weighted by molar-refractivity contribution is 7.99. The number of nitrogens with one attached hydrogen (secondary N) is 2. The van der Waals surface area contributed by atoms with Gasteiger partial charge in [0.05, 0.1) is 18.2 Å². The van der Waals surface area contributed by atoms with Gasteiger partial charge in [-0.3, -0.25) is 0 Å². The first-order valence-electron chi connectivity index (χ1n) is 13.1. The van der Waals surface area contributed by atoms with Crippen LogP contribution in [-0.2, 0) is 13.2 Å². The minimum atomic E-state index is -0.101. The van der Waals surface area contributed by atoms with Crippen LogP contribution in [-0.4, -0.2) is 33.0 Å². The quantitative estimate of drug-likeness (QED) is 0.118. The zero-order chi connectivity index (χ0) is 27.7. The van der Waals surface area contributed by atoms with Crippen LogP contribution in [0.3, 0.4) is 0 Å². The van der Waals surface area contributed by atoms with Crippen molar-refractivity contribution in [2.45, 2.75) is 40.3 Å². The Bertz CT molecular complexity index is 1560. The second-order valence-electron chi connectivity index (χ2n) is 9.22. The summed E-state index contributed by atoms with van der Waals surface area (Å²) in [5, 5.41) is 27.5. The molecule has 4 aromatic carbocycles. The van der Waals surface area contributed by atoms with Gasteiger partial charge in [-0.1, -0.05) is 72.4 Å². The van der Waals surface area contributed by atoms with E-state index in [1.165, 1.54) is 4.90 Å². The van der Waals surface area contributed by atoms with Gasteiger partial charge >= 0.3 is 0 Å². The van der Waals surface area contributed by atoms with E-state index in [1.54, 1.807) is 23.5 Å². The number of para-hydroxylation sites is 1. The van der Waals surface area contributed by atoms with E-state index in [4.69, 9.17) is 9.97 Å². The second kappa shape index (κ2) is 13.7. The summed E-state index contributed by atoms with van der Waals surface area (Å²) in [6.45, 7) is 0.603. The Kier molecular flexibility index (Phi) is 9.57. The fraction of sp³-hybridized carbons (Fsp3) is 0.188.